The van der Waals surface area contributed by atoms with E-state index >= 15 is 0 Å². The van der Waals surface area contributed by atoms with Crippen LogP contribution in [0.2, 0.25) is 5.02 Å². The average molecular weight is 403 g/mol. The summed E-state index contributed by atoms with van der Waals surface area (Å²) in [4.78, 5) is 19.0. The minimum Gasteiger partial charge on any atom is -0.443 e. The molecule has 0 unspecified atom stereocenters. The summed E-state index contributed by atoms with van der Waals surface area (Å²) in [5.41, 5.74) is 1.57. The Bertz CT molecular complexity index is 950. The van der Waals surface area contributed by atoms with Crippen LogP contribution in [0.4, 0.5) is 0 Å². The zero-order chi connectivity index (χ0) is 19.5. The van der Waals surface area contributed by atoms with Crippen molar-refractivity contribution < 1.29 is 18.7 Å². The van der Waals surface area contributed by atoms with Gasteiger partial charge in [-0.25, -0.2) is 4.98 Å². The molecule has 146 valence electrons. The van der Waals surface area contributed by atoms with Crippen molar-refractivity contribution in [2.75, 3.05) is 19.8 Å². The minimum absolute atomic E-state index is 0.197. The molecule has 8 nitrogen and oxygen atoms in total. The van der Waals surface area contributed by atoms with Gasteiger partial charge in [-0.1, -0.05) is 41.9 Å². The Morgan fingerprint density at radius 1 is 1.29 bits per heavy atom. The highest BCUT2D eigenvalue weighted by Gasteiger charge is 2.29. The number of carbonyl (C=O) groups excluding carboxylic acids is 1. The van der Waals surface area contributed by atoms with Crippen LogP contribution >= 0.6 is 11.6 Å². The molecule has 4 rings (SSSR count). The van der Waals surface area contributed by atoms with E-state index in [1.54, 1.807) is 22.8 Å². The number of carbonyl (C=O) groups is 1. The van der Waals surface area contributed by atoms with Crippen LogP contribution in [-0.2, 0) is 23.1 Å². The maximum Gasteiger partial charge on any atom is 0.277 e. The molecule has 1 aromatic carbocycles. The second kappa shape index (κ2) is 8.14. The van der Waals surface area contributed by atoms with Gasteiger partial charge >= 0.3 is 0 Å². The molecule has 0 atom stereocenters. The number of nitrogens with zero attached hydrogens (tertiary/aromatic N) is 4. The van der Waals surface area contributed by atoms with Crippen LogP contribution in [0.1, 0.15) is 16.2 Å². The van der Waals surface area contributed by atoms with Gasteiger partial charge in [0.15, 0.2) is 24.1 Å². The fourth-order valence-corrected chi connectivity index (χ4v) is 3.29. The van der Waals surface area contributed by atoms with Crippen LogP contribution < -0.4 is 0 Å². The van der Waals surface area contributed by atoms with E-state index in [1.165, 1.54) is 6.39 Å². The lowest BCUT2D eigenvalue weighted by atomic mass is 10.1. The second-order valence-electron chi connectivity index (χ2n) is 6.35. The smallest absolute Gasteiger partial charge is 0.277 e. The first-order chi connectivity index (χ1) is 13.6. The number of rotatable bonds is 6. The molecule has 3 aromatic rings. The lowest BCUT2D eigenvalue weighted by Gasteiger charge is -2.24. The molecule has 2 aromatic heterocycles. The fraction of sp³-hybridized carbons (Fsp3) is 0.316. The topological polar surface area (TPSA) is 82.6 Å². The van der Waals surface area contributed by atoms with E-state index in [-0.39, 0.29) is 24.7 Å². The summed E-state index contributed by atoms with van der Waals surface area (Å²) in [5.74, 6) is 0.101. The van der Waals surface area contributed by atoms with Gasteiger partial charge in [0.1, 0.15) is 5.69 Å². The van der Waals surface area contributed by atoms with Crippen LogP contribution in [0.15, 0.2) is 47.3 Å². The van der Waals surface area contributed by atoms with Gasteiger partial charge in [-0.15, -0.1) is 0 Å². The van der Waals surface area contributed by atoms with Gasteiger partial charge in [-0.3, -0.25) is 9.48 Å². The van der Waals surface area contributed by atoms with Crippen LogP contribution in [0.5, 0.6) is 0 Å². The van der Waals surface area contributed by atoms with Gasteiger partial charge in [0, 0.05) is 18.8 Å². The molecule has 1 aliphatic rings. The first kappa shape index (κ1) is 18.7. The number of aromatic nitrogens is 3. The Hall–Kier alpha value is -2.68. The van der Waals surface area contributed by atoms with Crippen LogP contribution in [-0.4, -0.2) is 51.6 Å². The summed E-state index contributed by atoms with van der Waals surface area (Å²) >= 11 is 6.24. The highest BCUT2D eigenvalue weighted by Crippen LogP contribution is 2.25. The van der Waals surface area contributed by atoms with Crippen molar-refractivity contribution in [1.29, 1.82) is 0 Å². The molecule has 1 aliphatic heterocycles. The number of amides is 1. The molecule has 1 saturated heterocycles. The van der Waals surface area contributed by atoms with Crippen molar-refractivity contribution in [3.63, 3.8) is 0 Å². The van der Waals surface area contributed by atoms with Crippen molar-refractivity contribution in [1.82, 2.24) is 19.7 Å². The highest BCUT2D eigenvalue weighted by molar-refractivity contribution is 6.31. The number of oxazole rings is 1. The molecule has 0 bridgehead atoms. The molecule has 28 heavy (non-hydrogen) atoms. The summed E-state index contributed by atoms with van der Waals surface area (Å²) in [7, 11) is 1.77. The Kier molecular flexibility index (Phi) is 5.43. The normalized spacial score (nSPS) is 14.5. The number of aryl methyl sites for hydroxylation is 1. The van der Waals surface area contributed by atoms with E-state index in [0.29, 0.717) is 29.7 Å². The number of hydrogen-bond donors (Lipinski definition) is 0. The molecule has 0 N–H and O–H groups in total. The van der Waals surface area contributed by atoms with Gasteiger partial charge < -0.3 is 18.8 Å². The largest absolute Gasteiger partial charge is 0.443 e. The zero-order valence-electron chi connectivity index (χ0n) is 15.2. The number of halogens is 1. The molecule has 0 spiro atoms. The monoisotopic (exact) mass is 402 g/mol. The molecular weight excluding hydrogens is 384 g/mol. The van der Waals surface area contributed by atoms with Crippen molar-refractivity contribution in [2.24, 2.45) is 7.05 Å². The second-order valence-corrected chi connectivity index (χ2v) is 6.76. The summed E-state index contributed by atoms with van der Waals surface area (Å²) in [6.07, 6.45) is 2.45. The highest BCUT2D eigenvalue weighted by atomic mass is 35.5. The number of benzene rings is 1. The fourth-order valence-electron chi connectivity index (χ4n) is 3.05. The first-order valence-electron chi connectivity index (χ1n) is 8.81. The third kappa shape index (κ3) is 3.94. The Morgan fingerprint density at radius 3 is 2.71 bits per heavy atom. The Balaban J connectivity index is 1.63. The number of ether oxygens (including phenoxy) is 2. The molecular formula is C19H19ClN4O4. The third-order valence-corrected chi connectivity index (χ3v) is 4.66. The minimum atomic E-state index is -0.501. The van der Waals surface area contributed by atoms with E-state index in [9.17, 15) is 4.79 Å². The maximum atomic E-state index is 13.3. The van der Waals surface area contributed by atoms with E-state index < -0.39 is 6.29 Å². The molecule has 0 aliphatic carbocycles. The zero-order valence-corrected chi connectivity index (χ0v) is 16.0. The molecule has 1 fully saturated rings. The van der Waals surface area contributed by atoms with Crippen molar-refractivity contribution in [2.45, 2.75) is 12.8 Å². The molecule has 9 heteroatoms. The third-order valence-electron chi connectivity index (χ3n) is 4.35. The van der Waals surface area contributed by atoms with E-state index in [0.717, 1.165) is 5.56 Å². The van der Waals surface area contributed by atoms with E-state index in [2.05, 4.69) is 10.1 Å². The van der Waals surface area contributed by atoms with Crippen molar-refractivity contribution in [3.05, 3.63) is 59.3 Å². The average Bonchev–Trinajstić information content (AvgIpc) is 3.43. The standard InChI is InChI=1S/C19H19ClN4O4/c1-23-9-14(20)15(22-23)10-24(11-16-26-7-8-27-16)19(25)17-18(28-12-21-17)13-5-3-2-4-6-13/h2-6,9,12,16H,7-8,10-11H2,1H3. The van der Waals surface area contributed by atoms with Gasteiger partial charge in [0.2, 0.25) is 0 Å². The van der Waals surface area contributed by atoms with Crippen molar-refractivity contribution >= 4 is 17.5 Å². The van der Waals surface area contributed by atoms with E-state index in [1.807, 2.05) is 30.3 Å². The predicted octanol–water partition coefficient (Wildman–Crippen LogP) is 2.74. The summed E-state index contributed by atoms with van der Waals surface area (Å²) in [6, 6.07) is 9.36. The molecule has 0 saturated carbocycles. The van der Waals surface area contributed by atoms with Crippen LogP contribution in [0.3, 0.4) is 0 Å². The molecule has 1 amide bonds. The first-order valence-corrected chi connectivity index (χ1v) is 9.19. The Morgan fingerprint density at radius 2 is 2.04 bits per heavy atom. The lowest BCUT2D eigenvalue weighted by Crippen LogP contribution is -2.38. The molecule has 0 radical (unpaired) electrons. The van der Waals surface area contributed by atoms with Gasteiger partial charge in [-0.2, -0.15) is 5.10 Å². The maximum absolute atomic E-state index is 13.3. The SMILES string of the molecule is Cn1cc(Cl)c(CN(CC2OCCO2)C(=O)c2ncoc2-c2ccccc2)n1. The molecule has 3 heterocycles. The van der Waals surface area contributed by atoms with Crippen LogP contribution in [0.25, 0.3) is 11.3 Å². The summed E-state index contributed by atoms with van der Waals surface area (Å²) in [5, 5.41) is 4.82. The van der Waals surface area contributed by atoms with Gasteiger partial charge in [-0.05, 0) is 0 Å². The van der Waals surface area contributed by atoms with Crippen molar-refractivity contribution in [3.8, 4) is 11.3 Å². The van der Waals surface area contributed by atoms with E-state index in [4.69, 9.17) is 25.5 Å². The van der Waals surface area contributed by atoms with Crippen LogP contribution in [0, 0.1) is 0 Å². The Labute approximate surface area is 166 Å². The number of hydrogen-bond acceptors (Lipinski definition) is 6. The quantitative estimate of drug-likeness (QED) is 0.630. The summed E-state index contributed by atoms with van der Waals surface area (Å²) in [6.45, 7) is 1.42. The predicted molar refractivity (Wildman–Crippen MR) is 101 cm³/mol. The van der Waals surface area contributed by atoms with Gasteiger partial charge in [0.05, 0.1) is 31.3 Å². The lowest BCUT2D eigenvalue weighted by molar-refractivity contribution is -0.0586. The van der Waals surface area contributed by atoms with Gasteiger partial charge in [0.25, 0.3) is 5.91 Å². The summed E-state index contributed by atoms with van der Waals surface area (Å²) < 4.78 is 18.1.